The molecule has 8 nitrogen and oxygen atoms in total. The van der Waals surface area contributed by atoms with Crippen molar-refractivity contribution in [3.8, 4) is 5.75 Å². The van der Waals surface area contributed by atoms with Crippen molar-refractivity contribution in [3.05, 3.63) is 47.2 Å². The van der Waals surface area contributed by atoms with E-state index >= 15 is 0 Å². The van der Waals surface area contributed by atoms with E-state index in [1.165, 1.54) is 33.8 Å². The van der Waals surface area contributed by atoms with Crippen molar-refractivity contribution >= 4 is 54.2 Å². The Morgan fingerprint density at radius 1 is 1.24 bits per heavy atom. The molecule has 3 aromatic rings. The van der Waals surface area contributed by atoms with E-state index in [1.54, 1.807) is 24.1 Å². The van der Waals surface area contributed by atoms with Crippen LogP contribution >= 0.6 is 22.9 Å². The molecule has 3 heterocycles. The van der Waals surface area contributed by atoms with Crippen molar-refractivity contribution in [2.75, 3.05) is 38.3 Å². The van der Waals surface area contributed by atoms with Gasteiger partial charge in [0.25, 0.3) is 0 Å². The number of ether oxygens (including phenoxy) is 2. The van der Waals surface area contributed by atoms with Gasteiger partial charge in [-0.15, -0.1) is 0 Å². The monoisotopic (exact) mass is 567 g/mol. The van der Waals surface area contributed by atoms with Crippen LogP contribution < -0.4 is 9.64 Å². The number of sulfonamides is 1. The highest BCUT2D eigenvalue weighted by Gasteiger charge is 2.37. The number of nitrogens with zero attached hydrogens (tertiary/aromatic N) is 3. The van der Waals surface area contributed by atoms with Crippen molar-refractivity contribution in [3.63, 3.8) is 0 Å². The number of rotatable bonds is 7. The van der Waals surface area contributed by atoms with Gasteiger partial charge >= 0.3 is 0 Å². The molecule has 1 atom stereocenters. The predicted octanol–water partition coefficient (Wildman–Crippen LogP) is 4.71. The highest BCUT2D eigenvalue weighted by atomic mass is 35.5. The van der Waals surface area contributed by atoms with Gasteiger partial charge in [0.15, 0.2) is 5.13 Å². The molecule has 0 aliphatic carbocycles. The Morgan fingerprint density at radius 3 is 2.68 bits per heavy atom. The van der Waals surface area contributed by atoms with Crippen molar-refractivity contribution in [1.29, 1.82) is 0 Å². The van der Waals surface area contributed by atoms with Crippen LogP contribution in [0.5, 0.6) is 5.75 Å². The van der Waals surface area contributed by atoms with Crippen molar-refractivity contribution < 1.29 is 27.1 Å². The molecule has 37 heavy (non-hydrogen) atoms. The molecule has 0 spiro atoms. The maximum atomic E-state index is 14.2. The molecule has 0 N–H and O–H groups in total. The third-order valence-electron chi connectivity index (χ3n) is 6.83. The fourth-order valence-electron chi connectivity index (χ4n) is 4.83. The lowest BCUT2D eigenvalue weighted by Gasteiger charge is -2.33. The first kappa shape index (κ1) is 26.3. The van der Waals surface area contributed by atoms with Crippen molar-refractivity contribution in [1.82, 2.24) is 9.29 Å². The molecule has 2 saturated heterocycles. The Hall–Kier alpha value is -2.31. The molecule has 0 bridgehead atoms. The summed E-state index contributed by atoms with van der Waals surface area (Å²) in [5, 5.41) is 1.03. The second-order valence-corrected chi connectivity index (χ2v) is 12.4. The Balaban J connectivity index is 1.38. The van der Waals surface area contributed by atoms with Gasteiger partial charge in [0, 0.05) is 25.6 Å². The molecule has 1 unspecified atom stereocenters. The standard InChI is InChI=1S/C25H27ClFN3O5S2/c1-34-20-9-8-18(26)23-22(20)28-25(36-23)30(15-17-5-4-14-35-17)24(31)16-10-12-29(13-11-16)37(32,33)21-7-3-2-6-19(21)27/h2-3,6-9,16-17H,4-5,10-15H2,1H3. The molecular weight excluding hydrogens is 541 g/mol. The first-order valence-electron chi connectivity index (χ1n) is 12.1. The van der Waals surface area contributed by atoms with Crippen LogP contribution in [0, 0.1) is 11.7 Å². The lowest BCUT2D eigenvalue weighted by molar-refractivity contribution is -0.123. The number of carbonyl (C=O) groups is 1. The number of aromatic nitrogens is 1. The number of fused-ring (bicyclic) bond motifs is 1. The summed E-state index contributed by atoms with van der Waals surface area (Å²) in [6.45, 7) is 1.26. The van der Waals surface area contributed by atoms with Crippen LogP contribution in [-0.2, 0) is 19.6 Å². The van der Waals surface area contributed by atoms with Crippen LogP contribution in [-0.4, -0.2) is 63.1 Å². The number of hydrogen-bond acceptors (Lipinski definition) is 7. The van der Waals surface area contributed by atoms with Crippen molar-refractivity contribution in [2.45, 2.75) is 36.7 Å². The van der Waals surface area contributed by atoms with Crippen LogP contribution in [0.4, 0.5) is 9.52 Å². The first-order chi connectivity index (χ1) is 17.8. The number of thiazole rings is 1. The number of halogens is 2. The molecule has 12 heteroatoms. The summed E-state index contributed by atoms with van der Waals surface area (Å²) >= 11 is 7.74. The van der Waals surface area contributed by atoms with Gasteiger partial charge in [0.2, 0.25) is 15.9 Å². The summed E-state index contributed by atoms with van der Waals surface area (Å²) in [6, 6.07) is 8.82. The molecule has 5 rings (SSSR count). The second-order valence-electron chi connectivity index (χ2n) is 9.12. The fraction of sp³-hybridized carbons (Fsp3) is 0.440. The topological polar surface area (TPSA) is 89.0 Å². The highest BCUT2D eigenvalue weighted by molar-refractivity contribution is 7.89. The zero-order valence-electron chi connectivity index (χ0n) is 20.2. The summed E-state index contributed by atoms with van der Waals surface area (Å²) in [5.74, 6) is -0.753. The van der Waals surface area contributed by atoms with Gasteiger partial charge in [-0.3, -0.25) is 9.69 Å². The van der Waals surface area contributed by atoms with E-state index in [0.717, 1.165) is 23.6 Å². The molecule has 0 radical (unpaired) electrons. The summed E-state index contributed by atoms with van der Waals surface area (Å²) in [4.78, 5) is 19.9. The summed E-state index contributed by atoms with van der Waals surface area (Å²) in [6.07, 6.45) is 2.32. The second kappa shape index (κ2) is 10.8. The molecule has 2 aromatic carbocycles. The lowest BCUT2D eigenvalue weighted by atomic mass is 9.96. The van der Waals surface area contributed by atoms with Crippen molar-refractivity contribution in [2.24, 2.45) is 5.92 Å². The van der Waals surface area contributed by atoms with E-state index in [2.05, 4.69) is 0 Å². The minimum absolute atomic E-state index is 0.102. The third-order valence-corrected chi connectivity index (χ3v) is 10.3. The summed E-state index contributed by atoms with van der Waals surface area (Å²) in [7, 11) is -2.43. The smallest absolute Gasteiger partial charge is 0.245 e. The molecule has 1 aromatic heterocycles. The van der Waals surface area contributed by atoms with Gasteiger partial charge in [0.05, 0.1) is 29.5 Å². The Kier molecular flexibility index (Phi) is 7.69. The van der Waals surface area contributed by atoms with E-state index in [1.807, 2.05) is 0 Å². The fourth-order valence-corrected chi connectivity index (χ4v) is 7.64. The van der Waals surface area contributed by atoms with Crippen LogP contribution in [0.25, 0.3) is 10.2 Å². The van der Waals surface area contributed by atoms with Crippen LogP contribution in [0.1, 0.15) is 25.7 Å². The Labute approximate surface area is 224 Å². The first-order valence-corrected chi connectivity index (χ1v) is 14.7. The lowest BCUT2D eigenvalue weighted by Crippen LogP contribution is -2.46. The number of methoxy groups -OCH3 is 1. The Bertz CT molecular complexity index is 1400. The molecule has 2 fully saturated rings. The van der Waals surface area contributed by atoms with Gasteiger partial charge in [-0.05, 0) is 49.9 Å². The molecule has 0 saturated carbocycles. The average Bonchev–Trinajstić information content (AvgIpc) is 3.58. The minimum atomic E-state index is -3.99. The zero-order valence-corrected chi connectivity index (χ0v) is 22.6. The van der Waals surface area contributed by atoms with Crippen LogP contribution in [0.15, 0.2) is 41.3 Å². The van der Waals surface area contributed by atoms with E-state index < -0.39 is 21.8 Å². The summed E-state index contributed by atoms with van der Waals surface area (Å²) in [5.41, 5.74) is 0.589. The Morgan fingerprint density at radius 2 is 2.00 bits per heavy atom. The SMILES string of the molecule is COc1ccc(Cl)c2sc(N(CC3CCCO3)C(=O)C3CCN(S(=O)(=O)c4ccccc4F)CC3)nc12. The quantitative estimate of drug-likeness (QED) is 0.411. The van der Waals surface area contributed by atoms with E-state index in [4.69, 9.17) is 26.1 Å². The normalized spacial score (nSPS) is 19.4. The van der Waals surface area contributed by atoms with Crippen LogP contribution in [0.2, 0.25) is 5.02 Å². The number of piperidine rings is 1. The maximum absolute atomic E-state index is 14.2. The number of benzene rings is 2. The van der Waals surface area contributed by atoms with E-state index in [0.29, 0.717) is 47.4 Å². The summed E-state index contributed by atoms with van der Waals surface area (Å²) < 4.78 is 53.4. The van der Waals surface area contributed by atoms with Crippen LogP contribution in [0.3, 0.4) is 0 Å². The van der Waals surface area contributed by atoms with Gasteiger partial charge in [-0.2, -0.15) is 4.31 Å². The number of amides is 1. The van der Waals surface area contributed by atoms with E-state index in [9.17, 15) is 17.6 Å². The minimum Gasteiger partial charge on any atom is -0.494 e. The predicted molar refractivity (Wildman–Crippen MR) is 140 cm³/mol. The van der Waals surface area contributed by atoms with Gasteiger partial charge in [-0.1, -0.05) is 35.1 Å². The third kappa shape index (κ3) is 5.20. The average molecular weight is 568 g/mol. The number of carbonyl (C=O) groups excluding carboxylic acids is 1. The zero-order chi connectivity index (χ0) is 26.2. The molecule has 2 aliphatic rings. The van der Waals surface area contributed by atoms with Gasteiger partial charge in [0.1, 0.15) is 22.0 Å². The number of anilines is 1. The maximum Gasteiger partial charge on any atom is 0.245 e. The largest absolute Gasteiger partial charge is 0.494 e. The molecular formula is C25H27ClFN3O5S2. The van der Waals surface area contributed by atoms with Gasteiger partial charge < -0.3 is 9.47 Å². The molecule has 1 amide bonds. The van der Waals surface area contributed by atoms with E-state index in [-0.39, 0.29) is 30.0 Å². The molecule has 198 valence electrons. The molecule has 2 aliphatic heterocycles. The van der Waals surface area contributed by atoms with Gasteiger partial charge in [-0.25, -0.2) is 17.8 Å². The number of hydrogen-bond donors (Lipinski definition) is 0. The highest BCUT2D eigenvalue weighted by Crippen LogP contribution is 2.40.